The summed E-state index contributed by atoms with van der Waals surface area (Å²) >= 11 is 0. The molecule has 0 saturated carbocycles. The highest BCUT2D eigenvalue weighted by atomic mass is 32.2. The molecule has 0 radical (unpaired) electrons. The predicted molar refractivity (Wildman–Crippen MR) is 91.7 cm³/mol. The first-order valence-electron chi connectivity index (χ1n) is 7.97. The van der Waals surface area contributed by atoms with Gasteiger partial charge in [0.2, 0.25) is 0 Å². The third kappa shape index (κ3) is 3.58. The highest BCUT2D eigenvalue weighted by Crippen LogP contribution is 2.29. The van der Waals surface area contributed by atoms with Crippen LogP contribution in [0, 0.1) is 5.92 Å². The molecule has 1 fully saturated rings. The lowest BCUT2D eigenvalue weighted by Crippen LogP contribution is -2.36. The van der Waals surface area contributed by atoms with E-state index < -0.39 is 9.84 Å². The first-order chi connectivity index (χ1) is 11.0. The fourth-order valence-electron chi connectivity index (χ4n) is 3.17. The molecule has 1 aromatic heterocycles. The van der Waals surface area contributed by atoms with E-state index >= 15 is 0 Å². The lowest BCUT2D eigenvalue weighted by Gasteiger charge is -2.33. The van der Waals surface area contributed by atoms with Crippen LogP contribution in [0.5, 0.6) is 0 Å². The Kier molecular flexibility index (Phi) is 4.43. The van der Waals surface area contributed by atoms with E-state index in [-0.39, 0.29) is 23.0 Å². The number of para-hydroxylation sites is 1. The summed E-state index contributed by atoms with van der Waals surface area (Å²) in [5, 5.41) is 0.923. The molecular formula is C17H21NO4S. The van der Waals surface area contributed by atoms with Crippen molar-refractivity contribution in [1.29, 1.82) is 0 Å². The summed E-state index contributed by atoms with van der Waals surface area (Å²) in [4.78, 5) is 13.9. The van der Waals surface area contributed by atoms with Crippen LogP contribution in [0.4, 0.5) is 5.69 Å². The summed E-state index contributed by atoms with van der Waals surface area (Å²) in [6.07, 6.45) is 1.65. The van der Waals surface area contributed by atoms with E-state index in [1.54, 1.807) is 13.0 Å². The quantitative estimate of drug-likeness (QED) is 0.803. The van der Waals surface area contributed by atoms with Crippen molar-refractivity contribution in [2.75, 3.05) is 29.5 Å². The third-order valence-electron chi connectivity index (χ3n) is 4.51. The summed E-state index contributed by atoms with van der Waals surface area (Å²) in [6, 6.07) is 9.04. The molecule has 0 atom stereocenters. The van der Waals surface area contributed by atoms with Crippen molar-refractivity contribution in [3.05, 3.63) is 40.8 Å². The predicted octanol–water partition coefficient (Wildman–Crippen LogP) is 2.44. The molecule has 0 amide bonds. The number of hydrogen-bond acceptors (Lipinski definition) is 5. The Hall–Kier alpha value is -1.82. The van der Waals surface area contributed by atoms with Crippen molar-refractivity contribution in [3.8, 4) is 0 Å². The van der Waals surface area contributed by atoms with Crippen LogP contribution in [0.3, 0.4) is 0 Å². The smallest absolute Gasteiger partial charge is 0.338 e. The van der Waals surface area contributed by atoms with Gasteiger partial charge in [-0.25, -0.2) is 13.2 Å². The largest absolute Gasteiger partial charge is 0.423 e. The molecule has 0 bridgehead atoms. The molecule has 3 rings (SSSR count). The Labute approximate surface area is 135 Å². The number of benzene rings is 1. The summed E-state index contributed by atoms with van der Waals surface area (Å²) < 4.78 is 28.8. The highest BCUT2D eigenvalue weighted by Gasteiger charge is 2.24. The molecule has 0 spiro atoms. The van der Waals surface area contributed by atoms with Gasteiger partial charge in [0, 0.05) is 30.3 Å². The van der Waals surface area contributed by atoms with E-state index in [0.29, 0.717) is 5.58 Å². The molecule has 23 heavy (non-hydrogen) atoms. The first kappa shape index (κ1) is 16.1. The molecule has 0 aliphatic carbocycles. The molecule has 1 aliphatic heterocycles. The molecule has 1 saturated heterocycles. The Bertz CT molecular complexity index is 848. The van der Waals surface area contributed by atoms with Gasteiger partial charge in [0.25, 0.3) is 0 Å². The van der Waals surface area contributed by atoms with Gasteiger partial charge < -0.3 is 9.32 Å². The van der Waals surface area contributed by atoms with Crippen molar-refractivity contribution in [1.82, 2.24) is 0 Å². The van der Waals surface area contributed by atoms with Crippen molar-refractivity contribution in [2.24, 2.45) is 5.92 Å². The van der Waals surface area contributed by atoms with Gasteiger partial charge in [-0.2, -0.15) is 0 Å². The number of sulfone groups is 1. The van der Waals surface area contributed by atoms with Gasteiger partial charge in [-0.15, -0.1) is 0 Å². The first-order valence-corrected chi connectivity index (χ1v) is 9.79. The van der Waals surface area contributed by atoms with Crippen LogP contribution < -0.4 is 10.5 Å². The normalized spacial score (nSPS) is 16.8. The Morgan fingerprint density at radius 2 is 1.91 bits per heavy atom. The van der Waals surface area contributed by atoms with E-state index in [2.05, 4.69) is 4.90 Å². The fourth-order valence-corrected chi connectivity index (χ4v) is 4.46. The molecule has 2 aromatic rings. The fraction of sp³-hybridized carbons (Fsp3) is 0.471. The van der Waals surface area contributed by atoms with Crippen LogP contribution in [0.25, 0.3) is 11.0 Å². The lowest BCUT2D eigenvalue weighted by molar-refractivity contribution is 0.435. The zero-order valence-electron chi connectivity index (χ0n) is 13.2. The van der Waals surface area contributed by atoms with Crippen molar-refractivity contribution >= 4 is 26.5 Å². The van der Waals surface area contributed by atoms with Crippen LogP contribution in [-0.2, 0) is 9.84 Å². The minimum absolute atomic E-state index is 0.206. The number of hydrogen-bond donors (Lipinski definition) is 0. The SMILES string of the molecule is CCS(=O)(=O)CC1CCN(c2cc(=O)oc3ccccc23)CC1. The second-order valence-corrected chi connectivity index (χ2v) is 8.47. The molecular weight excluding hydrogens is 314 g/mol. The number of piperidine rings is 1. The second kappa shape index (κ2) is 6.35. The molecule has 0 unspecified atom stereocenters. The number of anilines is 1. The molecule has 1 aromatic carbocycles. The van der Waals surface area contributed by atoms with E-state index in [1.807, 2.05) is 18.2 Å². The van der Waals surface area contributed by atoms with Crippen molar-refractivity contribution in [3.63, 3.8) is 0 Å². The lowest BCUT2D eigenvalue weighted by atomic mass is 9.98. The van der Waals surface area contributed by atoms with Crippen molar-refractivity contribution < 1.29 is 12.8 Å². The standard InChI is InChI=1S/C17H21NO4S/c1-2-23(20,21)12-13-7-9-18(10-8-13)15-11-17(19)22-16-6-4-3-5-14(15)16/h3-6,11,13H,2,7-10,12H2,1H3. The third-order valence-corrected chi connectivity index (χ3v) is 6.37. The van der Waals surface area contributed by atoms with Crippen LogP contribution in [0.15, 0.2) is 39.5 Å². The van der Waals surface area contributed by atoms with Gasteiger partial charge in [-0.3, -0.25) is 0 Å². The van der Waals surface area contributed by atoms with E-state index in [1.165, 1.54) is 6.07 Å². The van der Waals surface area contributed by atoms with Gasteiger partial charge in [-0.1, -0.05) is 19.1 Å². The maximum Gasteiger partial charge on any atom is 0.338 e. The van der Waals surface area contributed by atoms with Crippen LogP contribution in [0.1, 0.15) is 19.8 Å². The van der Waals surface area contributed by atoms with E-state index in [9.17, 15) is 13.2 Å². The monoisotopic (exact) mass is 335 g/mol. The summed E-state index contributed by atoms with van der Waals surface area (Å²) in [6.45, 7) is 3.22. The van der Waals surface area contributed by atoms with Crippen LogP contribution in [-0.4, -0.2) is 33.0 Å². The molecule has 1 aliphatic rings. The average Bonchev–Trinajstić information content (AvgIpc) is 2.54. The van der Waals surface area contributed by atoms with Crippen LogP contribution in [0.2, 0.25) is 0 Å². The maximum absolute atomic E-state index is 11.8. The zero-order chi connectivity index (χ0) is 16.4. The summed E-state index contributed by atoms with van der Waals surface area (Å²) in [5.41, 5.74) is 1.12. The van der Waals surface area contributed by atoms with Crippen LogP contribution >= 0.6 is 0 Å². The van der Waals surface area contributed by atoms with Gasteiger partial charge in [-0.05, 0) is 30.9 Å². The molecule has 0 N–H and O–H groups in total. The highest BCUT2D eigenvalue weighted by molar-refractivity contribution is 7.91. The van der Waals surface area contributed by atoms with Gasteiger partial charge >= 0.3 is 5.63 Å². The topological polar surface area (TPSA) is 67.6 Å². The Morgan fingerprint density at radius 3 is 2.61 bits per heavy atom. The zero-order valence-corrected chi connectivity index (χ0v) is 14.0. The van der Waals surface area contributed by atoms with Gasteiger partial charge in [0.05, 0.1) is 11.4 Å². The Balaban J connectivity index is 1.79. The van der Waals surface area contributed by atoms with Gasteiger partial charge in [0.1, 0.15) is 15.4 Å². The second-order valence-electron chi connectivity index (χ2n) is 6.08. The number of rotatable bonds is 4. The molecule has 5 nitrogen and oxygen atoms in total. The summed E-state index contributed by atoms with van der Waals surface area (Å²) in [5.74, 6) is 0.689. The maximum atomic E-state index is 11.8. The van der Waals surface area contributed by atoms with E-state index in [4.69, 9.17) is 4.42 Å². The minimum Gasteiger partial charge on any atom is -0.423 e. The van der Waals surface area contributed by atoms with Gasteiger partial charge in [0.15, 0.2) is 0 Å². The number of nitrogens with zero attached hydrogens (tertiary/aromatic N) is 1. The average molecular weight is 335 g/mol. The Morgan fingerprint density at radius 1 is 1.22 bits per heavy atom. The van der Waals surface area contributed by atoms with E-state index in [0.717, 1.165) is 37.0 Å². The molecule has 6 heteroatoms. The summed E-state index contributed by atoms with van der Waals surface area (Å²) in [7, 11) is -2.93. The molecule has 2 heterocycles. The number of fused-ring (bicyclic) bond motifs is 1. The molecule has 124 valence electrons. The minimum atomic E-state index is -2.93. The van der Waals surface area contributed by atoms with Crippen molar-refractivity contribution in [2.45, 2.75) is 19.8 Å².